The van der Waals surface area contributed by atoms with Gasteiger partial charge in [0.1, 0.15) is 5.82 Å². The average molecular weight is 460 g/mol. The number of halogens is 3. The molecule has 1 atom stereocenters. The molecular weight excluding hydrogens is 439 g/mol. The van der Waals surface area contributed by atoms with Crippen molar-refractivity contribution in [2.75, 3.05) is 26.2 Å². The molecule has 1 aliphatic heterocycles. The minimum Gasteiger partial charge on any atom is -0.332 e. The molecule has 9 heteroatoms. The standard InChI is InChI=1S/C18H20BrFN4O2.ClH/c1-12-9-23(11-16(25)13-3-5-14(20)6-4-13)7-8-24(12)18(26)17-15(19)10-22(2)21-17;/h3-6,10,12H,7-9,11H2,1-2H3;1H/t12-;/m0./s1. The molecule has 146 valence electrons. The molecule has 1 aromatic heterocycles. The molecule has 27 heavy (non-hydrogen) atoms. The largest absolute Gasteiger partial charge is 0.332 e. The first-order chi connectivity index (χ1) is 12.3. The number of carbonyl (C=O) groups is 2. The molecule has 0 spiro atoms. The minimum absolute atomic E-state index is 0. The number of Topliss-reactive ketones (excluding diaryl/α,β-unsaturated/α-hetero) is 1. The van der Waals surface area contributed by atoms with Crippen LogP contribution >= 0.6 is 28.3 Å². The second-order valence-corrected chi connectivity index (χ2v) is 7.37. The number of hydrogen-bond donors (Lipinski definition) is 0. The predicted octanol–water partition coefficient (Wildman–Crippen LogP) is 2.77. The monoisotopic (exact) mass is 458 g/mol. The molecule has 0 N–H and O–H groups in total. The Morgan fingerprint density at radius 1 is 1.26 bits per heavy atom. The van der Waals surface area contributed by atoms with Crippen molar-refractivity contribution in [2.45, 2.75) is 13.0 Å². The van der Waals surface area contributed by atoms with Gasteiger partial charge in [-0.2, -0.15) is 5.10 Å². The molecule has 2 heterocycles. The molecule has 0 unspecified atom stereocenters. The lowest BCUT2D eigenvalue weighted by molar-refractivity contribution is 0.0476. The molecule has 1 fully saturated rings. The van der Waals surface area contributed by atoms with Crippen LogP contribution in [-0.2, 0) is 7.05 Å². The van der Waals surface area contributed by atoms with E-state index in [2.05, 4.69) is 21.0 Å². The predicted molar refractivity (Wildman–Crippen MR) is 106 cm³/mol. The number of piperazine rings is 1. The number of ketones is 1. The second kappa shape index (κ2) is 8.95. The van der Waals surface area contributed by atoms with Gasteiger partial charge in [-0.15, -0.1) is 12.4 Å². The highest BCUT2D eigenvalue weighted by Crippen LogP contribution is 2.20. The van der Waals surface area contributed by atoms with Gasteiger partial charge in [-0.3, -0.25) is 19.2 Å². The Morgan fingerprint density at radius 2 is 1.93 bits per heavy atom. The lowest BCUT2D eigenvalue weighted by atomic mass is 10.1. The maximum atomic E-state index is 13.0. The van der Waals surface area contributed by atoms with Crippen LogP contribution in [0.2, 0.25) is 0 Å². The van der Waals surface area contributed by atoms with E-state index in [1.165, 1.54) is 24.3 Å². The third kappa shape index (κ3) is 4.94. The van der Waals surface area contributed by atoms with Crippen molar-refractivity contribution in [1.29, 1.82) is 0 Å². The number of aromatic nitrogens is 2. The van der Waals surface area contributed by atoms with E-state index >= 15 is 0 Å². The van der Waals surface area contributed by atoms with E-state index in [1.54, 1.807) is 22.8 Å². The molecule has 0 saturated carbocycles. The quantitative estimate of drug-likeness (QED) is 0.660. The van der Waals surface area contributed by atoms with E-state index < -0.39 is 0 Å². The molecule has 3 rings (SSSR count). The summed E-state index contributed by atoms with van der Waals surface area (Å²) in [5.41, 5.74) is 0.894. The summed E-state index contributed by atoms with van der Waals surface area (Å²) in [6.45, 7) is 3.95. The zero-order chi connectivity index (χ0) is 18.8. The molecule has 0 bridgehead atoms. The summed E-state index contributed by atoms with van der Waals surface area (Å²) >= 11 is 3.37. The average Bonchev–Trinajstić information content (AvgIpc) is 2.93. The number of hydrogen-bond acceptors (Lipinski definition) is 4. The van der Waals surface area contributed by atoms with Gasteiger partial charge in [-0.1, -0.05) is 0 Å². The summed E-state index contributed by atoms with van der Waals surface area (Å²) < 4.78 is 15.2. The summed E-state index contributed by atoms with van der Waals surface area (Å²) in [6.07, 6.45) is 1.75. The Bertz CT molecular complexity index is 827. The Morgan fingerprint density at radius 3 is 2.48 bits per heavy atom. The maximum Gasteiger partial charge on any atom is 0.275 e. The first-order valence-electron chi connectivity index (χ1n) is 8.36. The molecule has 1 aromatic carbocycles. The molecule has 1 saturated heterocycles. The van der Waals surface area contributed by atoms with Crippen LogP contribution in [-0.4, -0.2) is 63.5 Å². The highest BCUT2D eigenvalue weighted by Gasteiger charge is 2.31. The van der Waals surface area contributed by atoms with E-state index in [1.807, 2.05) is 11.8 Å². The number of nitrogens with zero attached hydrogens (tertiary/aromatic N) is 4. The van der Waals surface area contributed by atoms with Gasteiger partial charge in [0.2, 0.25) is 0 Å². The van der Waals surface area contributed by atoms with Crippen molar-refractivity contribution in [3.63, 3.8) is 0 Å². The third-order valence-corrected chi connectivity index (χ3v) is 5.07. The summed E-state index contributed by atoms with van der Waals surface area (Å²) in [5.74, 6) is -0.526. The Labute approximate surface area is 171 Å². The molecular formula is C18H21BrClFN4O2. The number of amides is 1. The van der Waals surface area contributed by atoms with Crippen molar-refractivity contribution in [1.82, 2.24) is 19.6 Å². The van der Waals surface area contributed by atoms with Gasteiger partial charge in [0.25, 0.3) is 5.91 Å². The molecule has 0 aliphatic carbocycles. The summed E-state index contributed by atoms with van der Waals surface area (Å²) in [6, 6.07) is 5.54. The van der Waals surface area contributed by atoms with Crippen LogP contribution in [0.5, 0.6) is 0 Å². The fourth-order valence-corrected chi connectivity index (χ4v) is 3.69. The van der Waals surface area contributed by atoms with E-state index in [4.69, 9.17) is 0 Å². The van der Waals surface area contributed by atoms with Crippen LogP contribution in [0.1, 0.15) is 27.8 Å². The number of carbonyl (C=O) groups excluding carboxylic acids is 2. The molecule has 2 aromatic rings. The second-order valence-electron chi connectivity index (χ2n) is 6.51. The topological polar surface area (TPSA) is 58.4 Å². The fourth-order valence-electron chi connectivity index (χ4n) is 3.15. The number of aryl methyl sites for hydroxylation is 1. The summed E-state index contributed by atoms with van der Waals surface area (Å²) in [4.78, 5) is 28.9. The Balaban J connectivity index is 0.00000261. The lowest BCUT2D eigenvalue weighted by Gasteiger charge is -2.39. The van der Waals surface area contributed by atoms with Crippen molar-refractivity contribution >= 4 is 40.0 Å². The third-order valence-electron chi connectivity index (χ3n) is 4.49. The van der Waals surface area contributed by atoms with Crippen molar-refractivity contribution in [3.8, 4) is 0 Å². The van der Waals surface area contributed by atoms with Gasteiger partial charge < -0.3 is 4.90 Å². The van der Waals surface area contributed by atoms with Crippen LogP contribution in [0.25, 0.3) is 0 Å². The summed E-state index contributed by atoms with van der Waals surface area (Å²) in [7, 11) is 1.77. The van der Waals surface area contributed by atoms with Crippen LogP contribution in [0.3, 0.4) is 0 Å². The zero-order valence-corrected chi connectivity index (χ0v) is 17.5. The van der Waals surface area contributed by atoms with E-state index in [9.17, 15) is 14.0 Å². The lowest BCUT2D eigenvalue weighted by Crippen LogP contribution is -2.55. The normalized spacial score (nSPS) is 17.5. The van der Waals surface area contributed by atoms with Gasteiger partial charge >= 0.3 is 0 Å². The van der Waals surface area contributed by atoms with E-state index in [0.29, 0.717) is 35.4 Å². The highest BCUT2D eigenvalue weighted by molar-refractivity contribution is 9.10. The van der Waals surface area contributed by atoms with Crippen LogP contribution in [0.15, 0.2) is 34.9 Å². The number of rotatable bonds is 4. The number of benzene rings is 1. The fraction of sp³-hybridized carbons (Fsp3) is 0.389. The maximum absolute atomic E-state index is 13.0. The summed E-state index contributed by atoms with van der Waals surface area (Å²) in [5, 5.41) is 4.21. The van der Waals surface area contributed by atoms with Crippen LogP contribution in [0.4, 0.5) is 4.39 Å². The van der Waals surface area contributed by atoms with E-state index in [0.717, 1.165) is 0 Å². The van der Waals surface area contributed by atoms with Gasteiger partial charge in [0.15, 0.2) is 11.5 Å². The van der Waals surface area contributed by atoms with Crippen molar-refractivity contribution < 1.29 is 14.0 Å². The Kier molecular flexibility index (Phi) is 7.13. The van der Waals surface area contributed by atoms with Gasteiger partial charge in [0.05, 0.1) is 11.0 Å². The van der Waals surface area contributed by atoms with Gasteiger partial charge in [0, 0.05) is 44.5 Å². The first-order valence-corrected chi connectivity index (χ1v) is 9.15. The zero-order valence-electron chi connectivity index (χ0n) is 15.1. The Hall–Kier alpha value is -1.77. The highest BCUT2D eigenvalue weighted by atomic mass is 79.9. The minimum atomic E-state index is -0.358. The van der Waals surface area contributed by atoms with Crippen molar-refractivity contribution in [2.24, 2.45) is 7.05 Å². The van der Waals surface area contributed by atoms with Crippen molar-refractivity contribution in [3.05, 3.63) is 52.0 Å². The molecule has 6 nitrogen and oxygen atoms in total. The van der Waals surface area contributed by atoms with Crippen LogP contribution < -0.4 is 0 Å². The SMILES string of the molecule is C[C@H]1CN(CC(=O)c2ccc(F)cc2)CCN1C(=O)c1nn(C)cc1Br.Cl. The van der Waals surface area contributed by atoms with Crippen LogP contribution in [0, 0.1) is 5.82 Å². The molecule has 0 radical (unpaired) electrons. The first kappa shape index (κ1) is 21.5. The van der Waals surface area contributed by atoms with Gasteiger partial charge in [-0.25, -0.2) is 4.39 Å². The molecule has 1 amide bonds. The molecule has 1 aliphatic rings. The van der Waals surface area contributed by atoms with E-state index in [-0.39, 0.29) is 42.5 Å². The van der Waals surface area contributed by atoms with Gasteiger partial charge in [-0.05, 0) is 47.1 Å². The smallest absolute Gasteiger partial charge is 0.275 e.